The number of likely N-dealkylation sites (tertiary alicyclic amines) is 1. The maximum atomic E-state index is 12.6. The summed E-state index contributed by atoms with van der Waals surface area (Å²) in [6.07, 6.45) is 4.03. The number of nitrogens with zero attached hydrogens (tertiary/aromatic N) is 1. The normalized spacial score (nSPS) is 22.8. The quantitative estimate of drug-likeness (QED) is 0.895. The number of benzene rings is 1. The smallest absolute Gasteiger partial charge is 0.226 e. The van der Waals surface area contributed by atoms with Gasteiger partial charge < -0.3 is 10.6 Å². The standard InChI is InChI=1S/C16H22N2O/c17-7-5-12-6-8-18(11-12)16(19)15-9-13-3-1-2-4-14(13)10-15/h1-4,12,15H,5-11,17H2. The molecule has 102 valence electrons. The van der Waals surface area contributed by atoms with Gasteiger partial charge in [-0.25, -0.2) is 0 Å². The van der Waals surface area contributed by atoms with Crippen LogP contribution >= 0.6 is 0 Å². The van der Waals surface area contributed by atoms with E-state index in [1.54, 1.807) is 0 Å². The van der Waals surface area contributed by atoms with Gasteiger partial charge in [-0.05, 0) is 49.3 Å². The van der Waals surface area contributed by atoms with Gasteiger partial charge in [-0.15, -0.1) is 0 Å². The Morgan fingerprint density at radius 3 is 2.58 bits per heavy atom. The first-order valence-corrected chi connectivity index (χ1v) is 7.33. The molecule has 1 heterocycles. The Morgan fingerprint density at radius 1 is 1.26 bits per heavy atom. The molecule has 0 spiro atoms. The second-order valence-corrected chi connectivity index (χ2v) is 5.89. The largest absolute Gasteiger partial charge is 0.342 e. The van der Waals surface area contributed by atoms with Gasteiger partial charge in [-0.2, -0.15) is 0 Å². The van der Waals surface area contributed by atoms with Crippen LogP contribution in [0.1, 0.15) is 24.0 Å². The van der Waals surface area contributed by atoms with E-state index < -0.39 is 0 Å². The van der Waals surface area contributed by atoms with Crippen molar-refractivity contribution in [2.45, 2.75) is 25.7 Å². The minimum Gasteiger partial charge on any atom is -0.342 e. The van der Waals surface area contributed by atoms with Gasteiger partial charge in [-0.3, -0.25) is 4.79 Å². The van der Waals surface area contributed by atoms with Crippen LogP contribution in [-0.4, -0.2) is 30.4 Å². The van der Waals surface area contributed by atoms with Crippen LogP contribution in [0.15, 0.2) is 24.3 Å². The molecule has 0 aromatic heterocycles. The molecular formula is C16H22N2O. The molecule has 2 aliphatic rings. The summed E-state index contributed by atoms with van der Waals surface area (Å²) in [5.41, 5.74) is 8.33. The third kappa shape index (κ3) is 2.52. The number of rotatable bonds is 3. The molecule has 0 bridgehead atoms. The number of hydrogen-bond acceptors (Lipinski definition) is 2. The minimum atomic E-state index is 0.175. The van der Waals surface area contributed by atoms with Crippen molar-refractivity contribution in [2.24, 2.45) is 17.6 Å². The van der Waals surface area contributed by atoms with E-state index >= 15 is 0 Å². The van der Waals surface area contributed by atoms with Gasteiger partial charge >= 0.3 is 0 Å². The average Bonchev–Trinajstić information content (AvgIpc) is 3.04. The summed E-state index contributed by atoms with van der Waals surface area (Å²) in [4.78, 5) is 14.6. The Bertz CT molecular complexity index is 447. The van der Waals surface area contributed by atoms with Crippen molar-refractivity contribution in [2.75, 3.05) is 19.6 Å². The molecule has 1 aliphatic heterocycles. The number of amides is 1. The van der Waals surface area contributed by atoms with E-state index in [-0.39, 0.29) is 5.92 Å². The number of carbonyl (C=O) groups is 1. The second-order valence-electron chi connectivity index (χ2n) is 5.89. The monoisotopic (exact) mass is 258 g/mol. The molecule has 3 nitrogen and oxygen atoms in total. The molecule has 1 unspecified atom stereocenters. The third-order valence-corrected chi connectivity index (χ3v) is 4.57. The number of hydrogen-bond donors (Lipinski definition) is 1. The van der Waals surface area contributed by atoms with Gasteiger partial charge in [0.1, 0.15) is 0 Å². The molecular weight excluding hydrogens is 236 g/mol. The first kappa shape index (κ1) is 12.7. The fourth-order valence-corrected chi connectivity index (χ4v) is 3.50. The lowest BCUT2D eigenvalue weighted by Gasteiger charge is -2.20. The van der Waals surface area contributed by atoms with Crippen LogP contribution in [-0.2, 0) is 17.6 Å². The van der Waals surface area contributed by atoms with Gasteiger partial charge in [0.05, 0.1) is 0 Å². The van der Waals surface area contributed by atoms with Crippen LogP contribution in [0.25, 0.3) is 0 Å². The summed E-state index contributed by atoms with van der Waals surface area (Å²) in [5, 5.41) is 0. The van der Waals surface area contributed by atoms with Crippen molar-refractivity contribution in [3.63, 3.8) is 0 Å². The van der Waals surface area contributed by atoms with E-state index in [0.717, 1.165) is 45.3 Å². The summed E-state index contributed by atoms with van der Waals surface area (Å²) >= 11 is 0. The highest BCUT2D eigenvalue weighted by Crippen LogP contribution is 2.29. The molecule has 1 aromatic rings. The second kappa shape index (κ2) is 5.33. The Hall–Kier alpha value is -1.35. The van der Waals surface area contributed by atoms with Crippen molar-refractivity contribution in [1.29, 1.82) is 0 Å². The van der Waals surface area contributed by atoms with Crippen LogP contribution < -0.4 is 5.73 Å². The molecule has 19 heavy (non-hydrogen) atoms. The predicted molar refractivity (Wildman–Crippen MR) is 75.7 cm³/mol. The van der Waals surface area contributed by atoms with Crippen LogP contribution in [0.5, 0.6) is 0 Å². The molecule has 1 amide bonds. The molecule has 2 N–H and O–H groups in total. The van der Waals surface area contributed by atoms with E-state index in [1.165, 1.54) is 11.1 Å². The minimum absolute atomic E-state index is 0.175. The molecule has 1 atom stereocenters. The summed E-state index contributed by atoms with van der Waals surface area (Å²) in [5.74, 6) is 1.16. The van der Waals surface area contributed by atoms with Crippen LogP contribution in [0, 0.1) is 11.8 Å². The van der Waals surface area contributed by atoms with Gasteiger partial charge in [0.2, 0.25) is 5.91 Å². The zero-order chi connectivity index (χ0) is 13.2. The molecule has 0 radical (unpaired) electrons. The first-order chi connectivity index (χ1) is 9.28. The first-order valence-electron chi connectivity index (χ1n) is 7.33. The lowest BCUT2D eigenvalue weighted by atomic mass is 10.0. The van der Waals surface area contributed by atoms with Gasteiger partial charge in [0.25, 0.3) is 0 Å². The molecule has 1 saturated heterocycles. The summed E-state index contributed by atoms with van der Waals surface area (Å²) in [6, 6.07) is 8.45. The van der Waals surface area contributed by atoms with E-state index in [2.05, 4.69) is 29.2 Å². The number of fused-ring (bicyclic) bond motifs is 1. The Morgan fingerprint density at radius 2 is 1.95 bits per heavy atom. The summed E-state index contributed by atoms with van der Waals surface area (Å²) in [6.45, 7) is 2.58. The van der Waals surface area contributed by atoms with E-state index in [1.807, 2.05) is 0 Å². The fraction of sp³-hybridized carbons (Fsp3) is 0.562. The summed E-state index contributed by atoms with van der Waals surface area (Å²) in [7, 11) is 0. The van der Waals surface area contributed by atoms with Gasteiger partial charge in [0.15, 0.2) is 0 Å². The Kier molecular flexibility index (Phi) is 3.56. The maximum absolute atomic E-state index is 12.6. The van der Waals surface area contributed by atoms with Crippen LogP contribution in [0.2, 0.25) is 0 Å². The van der Waals surface area contributed by atoms with Gasteiger partial charge in [-0.1, -0.05) is 24.3 Å². The van der Waals surface area contributed by atoms with E-state index in [9.17, 15) is 4.79 Å². The Balaban J connectivity index is 1.61. The maximum Gasteiger partial charge on any atom is 0.226 e. The lowest BCUT2D eigenvalue weighted by Crippen LogP contribution is -2.35. The topological polar surface area (TPSA) is 46.3 Å². The van der Waals surface area contributed by atoms with Crippen molar-refractivity contribution >= 4 is 5.91 Å². The van der Waals surface area contributed by atoms with E-state index in [0.29, 0.717) is 11.8 Å². The highest BCUT2D eigenvalue weighted by Gasteiger charge is 2.33. The van der Waals surface area contributed by atoms with Crippen molar-refractivity contribution in [1.82, 2.24) is 4.90 Å². The van der Waals surface area contributed by atoms with Gasteiger partial charge in [0, 0.05) is 19.0 Å². The van der Waals surface area contributed by atoms with E-state index in [4.69, 9.17) is 5.73 Å². The lowest BCUT2D eigenvalue weighted by molar-refractivity contribution is -0.134. The van der Waals surface area contributed by atoms with Crippen molar-refractivity contribution in [3.05, 3.63) is 35.4 Å². The highest BCUT2D eigenvalue weighted by atomic mass is 16.2. The molecule has 1 fully saturated rings. The molecule has 1 aromatic carbocycles. The summed E-state index contributed by atoms with van der Waals surface area (Å²) < 4.78 is 0. The zero-order valence-corrected chi connectivity index (χ0v) is 11.3. The van der Waals surface area contributed by atoms with Crippen LogP contribution in [0.4, 0.5) is 0 Å². The van der Waals surface area contributed by atoms with Crippen molar-refractivity contribution in [3.8, 4) is 0 Å². The van der Waals surface area contributed by atoms with Crippen molar-refractivity contribution < 1.29 is 4.79 Å². The average molecular weight is 258 g/mol. The zero-order valence-electron chi connectivity index (χ0n) is 11.3. The molecule has 3 heteroatoms. The fourth-order valence-electron chi connectivity index (χ4n) is 3.50. The third-order valence-electron chi connectivity index (χ3n) is 4.57. The molecule has 1 aliphatic carbocycles. The molecule has 0 saturated carbocycles. The molecule has 3 rings (SSSR count). The SMILES string of the molecule is NCCC1CCN(C(=O)C2Cc3ccccc3C2)C1. The predicted octanol–water partition coefficient (Wildman–Crippen LogP) is 1.60. The highest BCUT2D eigenvalue weighted by molar-refractivity contribution is 5.80. The number of carbonyl (C=O) groups excluding carboxylic acids is 1. The van der Waals surface area contributed by atoms with Crippen LogP contribution in [0.3, 0.4) is 0 Å². The number of nitrogens with two attached hydrogens (primary N) is 1. The Labute approximate surface area is 114 Å².